The van der Waals surface area contributed by atoms with Gasteiger partial charge in [-0.2, -0.15) is 0 Å². The van der Waals surface area contributed by atoms with Crippen LogP contribution in [0.5, 0.6) is 0 Å². The number of rotatable bonds is 7. The third-order valence-electron chi connectivity index (χ3n) is 3.98. The molecule has 0 heterocycles. The van der Waals surface area contributed by atoms with Crippen LogP contribution < -0.4 is 11.1 Å². The number of aryl methyl sites for hydroxylation is 1. The summed E-state index contributed by atoms with van der Waals surface area (Å²) in [4.78, 5) is 14.2. The Bertz CT molecular complexity index is 636. The molecule has 0 fully saturated rings. The minimum absolute atomic E-state index is 0. The molecule has 0 saturated carbocycles. The highest BCUT2D eigenvalue weighted by Crippen LogP contribution is 2.17. The van der Waals surface area contributed by atoms with Gasteiger partial charge in [0, 0.05) is 18.7 Å². The van der Waals surface area contributed by atoms with Crippen molar-refractivity contribution in [2.45, 2.75) is 18.9 Å². The lowest BCUT2D eigenvalue weighted by Crippen LogP contribution is -2.34. The van der Waals surface area contributed by atoms with Crippen molar-refractivity contribution in [3.8, 4) is 0 Å². The molecule has 4 nitrogen and oxygen atoms in total. The van der Waals surface area contributed by atoms with Gasteiger partial charge in [-0.3, -0.25) is 4.79 Å². The zero-order valence-corrected chi connectivity index (χ0v) is 16.3. The van der Waals surface area contributed by atoms with Gasteiger partial charge < -0.3 is 16.0 Å². The number of amides is 1. The number of hydrogen-bond acceptors (Lipinski definition) is 3. The quantitative estimate of drug-likeness (QED) is 0.719. The van der Waals surface area contributed by atoms with Crippen molar-refractivity contribution in [3.63, 3.8) is 0 Å². The second-order valence-electron chi connectivity index (χ2n) is 5.89. The minimum atomic E-state index is 0. The summed E-state index contributed by atoms with van der Waals surface area (Å²) >= 11 is 0. The molecule has 6 heteroatoms. The smallest absolute Gasteiger partial charge is 0.220 e. The number of carbonyl (C=O) groups is 1. The standard InChI is InChI=1S/C19H25N3O.2ClH/c1-22(2)18(16-9-4-3-5-10-16)14-21-19(23)13-12-15-8-6-7-11-17(15)20;;/h3-11,18H,12-14,20H2,1-2H3,(H,21,23);2*1H. The average Bonchev–Trinajstić information content (AvgIpc) is 2.55. The molecule has 0 aliphatic carbocycles. The molecule has 0 spiro atoms. The first kappa shape index (κ1) is 23.2. The third-order valence-corrected chi connectivity index (χ3v) is 3.98. The Labute approximate surface area is 162 Å². The molecular formula is C19H27Cl2N3O. The van der Waals surface area contributed by atoms with Gasteiger partial charge in [0.2, 0.25) is 5.91 Å². The maximum absolute atomic E-state index is 12.1. The van der Waals surface area contributed by atoms with Crippen molar-refractivity contribution in [1.82, 2.24) is 10.2 Å². The maximum atomic E-state index is 12.1. The van der Waals surface area contributed by atoms with E-state index in [1.807, 2.05) is 56.6 Å². The van der Waals surface area contributed by atoms with E-state index in [0.717, 1.165) is 11.3 Å². The number of nitrogen functional groups attached to an aromatic ring is 1. The summed E-state index contributed by atoms with van der Waals surface area (Å²) in [5.74, 6) is 0.0519. The number of nitrogens with zero attached hydrogens (tertiary/aromatic N) is 1. The fraction of sp³-hybridized carbons (Fsp3) is 0.316. The fourth-order valence-electron chi connectivity index (χ4n) is 2.58. The molecule has 0 bridgehead atoms. The molecule has 2 aromatic carbocycles. The highest BCUT2D eigenvalue weighted by atomic mass is 35.5. The predicted molar refractivity (Wildman–Crippen MR) is 110 cm³/mol. The molecule has 3 N–H and O–H groups in total. The summed E-state index contributed by atoms with van der Waals surface area (Å²) in [5.41, 5.74) is 8.87. The zero-order valence-electron chi connectivity index (χ0n) is 14.6. The van der Waals surface area contributed by atoms with E-state index in [9.17, 15) is 4.79 Å². The third kappa shape index (κ3) is 7.34. The SMILES string of the molecule is CN(C)C(CNC(=O)CCc1ccccc1N)c1ccccc1.Cl.Cl. The van der Waals surface area contributed by atoms with E-state index in [0.29, 0.717) is 19.4 Å². The topological polar surface area (TPSA) is 58.4 Å². The maximum Gasteiger partial charge on any atom is 0.220 e. The van der Waals surface area contributed by atoms with Gasteiger partial charge in [0.1, 0.15) is 0 Å². The van der Waals surface area contributed by atoms with Crippen molar-refractivity contribution in [3.05, 3.63) is 65.7 Å². The zero-order chi connectivity index (χ0) is 16.7. The van der Waals surface area contributed by atoms with Crippen molar-refractivity contribution < 1.29 is 4.79 Å². The second kappa shape index (κ2) is 11.7. The normalized spacial score (nSPS) is 11.2. The van der Waals surface area contributed by atoms with Crippen LogP contribution in [0, 0.1) is 0 Å². The second-order valence-corrected chi connectivity index (χ2v) is 5.89. The Balaban J connectivity index is 0.00000288. The van der Waals surface area contributed by atoms with Gasteiger partial charge in [-0.1, -0.05) is 48.5 Å². The number of hydrogen-bond donors (Lipinski definition) is 2. The van der Waals surface area contributed by atoms with Crippen molar-refractivity contribution in [2.75, 3.05) is 26.4 Å². The van der Waals surface area contributed by atoms with E-state index in [1.165, 1.54) is 5.56 Å². The lowest BCUT2D eigenvalue weighted by molar-refractivity contribution is -0.121. The molecular weight excluding hydrogens is 357 g/mol. The Morgan fingerprint density at radius 3 is 2.24 bits per heavy atom. The molecule has 0 radical (unpaired) electrons. The molecule has 1 amide bonds. The molecule has 0 aromatic heterocycles. The Morgan fingerprint density at radius 2 is 1.64 bits per heavy atom. The van der Waals surface area contributed by atoms with Crippen LogP contribution in [0.25, 0.3) is 0 Å². The molecule has 0 saturated heterocycles. The van der Waals surface area contributed by atoms with E-state index in [1.54, 1.807) is 0 Å². The summed E-state index contributed by atoms with van der Waals surface area (Å²) in [6.07, 6.45) is 1.11. The number of benzene rings is 2. The van der Waals surface area contributed by atoms with Crippen LogP contribution in [0.4, 0.5) is 5.69 Å². The molecule has 0 aliphatic rings. The first-order valence-electron chi connectivity index (χ1n) is 7.89. The monoisotopic (exact) mass is 383 g/mol. The van der Waals surface area contributed by atoms with Crippen molar-refractivity contribution in [1.29, 1.82) is 0 Å². The minimum Gasteiger partial charge on any atom is -0.399 e. The number of nitrogens with one attached hydrogen (secondary N) is 1. The molecule has 0 aliphatic heterocycles. The first-order chi connectivity index (χ1) is 11.1. The van der Waals surface area contributed by atoms with E-state index < -0.39 is 0 Å². The summed E-state index contributed by atoms with van der Waals surface area (Å²) in [7, 11) is 4.04. The van der Waals surface area contributed by atoms with Crippen LogP contribution in [0.1, 0.15) is 23.6 Å². The number of nitrogens with two attached hydrogens (primary N) is 1. The van der Waals surface area contributed by atoms with Crippen LogP contribution in [0.3, 0.4) is 0 Å². The Morgan fingerprint density at radius 1 is 1.04 bits per heavy atom. The van der Waals surface area contributed by atoms with Crippen molar-refractivity contribution in [2.24, 2.45) is 0 Å². The summed E-state index contributed by atoms with van der Waals surface area (Å²) in [6, 6.07) is 18.1. The predicted octanol–water partition coefficient (Wildman–Crippen LogP) is 3.46. The lowest BCUT2D eigenvalue weighted by atomic mass is 10.1. The van der Waals surface area contributed by atoms with E-state index in [-0.39, 0.29) is 36.8 Å². The Kier molecular flexibility index (Phi) is 10.9. The summed E-state index contributed by atoms with van der Waals surface area (Å²) in [5, 5.41) is 3.03. The van der Waals surface area contributed by atoms with Gasteiger partial charge in [-0.25, -0.2) is 0 Å². The highest BCUT2D eigenvalue weighted by molar-refractivity contribution is 5.85. The van der Waals surface area contributed by atoms with Gasteiger partial charge >= 0.3 is 0 Å². The number of anilines is 1. The molecule has 1 atom stereocenters. The van der Waals surface area contributed by atoms with Crippen LogP contribution in [-0.2, 0) is 11.2 Å². The van der Waals surface area contributed by atoms with Crippen LogP contribution in [0.2, 0.25) is 0 Å². The number of para-hydroxylation sites is 1. The number of likely N-dealkylation sites (N-methyl/N-ethyl adjacent to an activating group) is 1. The van der Waals surface area contributed by atoms with Gasteiger partial charge in [-0.15, -0.1) is 24.8 Å². The highest BCUT2D eigenvalue weighted by Gasteiger charge is 2.15. The molecule has 2 rings (SSSR count). The molecule has 25 heavy (non-hydrogen) atoms. The molecule has 138 valence electrons. The largest absolute Gasteiger partial charge is 0.399 e. The Hall–Kier alpha value is -1.75. The van der Waals surface area contributed by atoms with Crippen LogP contribution in [0.15, 0.2) is 54.6 Å². The van der Waals surface area contributed by atoms with Crippen LogP contribution >= 0.6 is 24.8 Å². The van der Waals surface area contributed by atoms with E-state index in [4.69, 9.17) is 5.73 Å². The first-order valence-corrected chi connectivity index (χ1v) is 7.89. The van der Waals surface area contributed by atoms with Crippen LogP contribution in [-0.4, -0.2) is 31.4 Å². The molecule has 1 unspecified atom stereocenters. The van der Waals surface area contributed by atoms with Crippen molar-refractivity contribution >= 4 is 36.4 Å². The van der Waals surface area contributed by atoms with E-state index in [2.05, 4.69) is 22.3 Å². The summed E-state index contributed by atoms with van der Waals surface area (Å²) in [6.45, 7) is 0.597. The van der Waals surface area contributed by atoms with Gasteiger partial charge in [0.05, 0.1) is 6.04 Å². The fourth-order valence-corrected chi connectivity index (χ4v) is 2.58. The number of halogens is 2. The van der Waals surface area contributed by atoms with Gasteiger partial charge in [0.15, 0.2) is 0 Å². The van der Waals surface area contributed by atoms with E-state index >= 15 is 0 Å². The van der Waals surface area contributed by atoms with Gasteiger partial charge in [-0.05, 0) is 37.7 Å². The molecule has 2 aromatic rings. The van der Waals surface area contributed by atoms with Gasteiger partial charge in [0.25, 0.3) is 0 Å². The number of carbonyl (C=O) groups excluding carboxylic acids is 1. The lowest BCUT2D eigenvalue weighted by Gasteiger charge is -2.25. The average molecular weight is 384 g/mol. The summed E-state index contributed by atoms with van der Waals surface area (Å²) < 4.78 is 0.